The summed E-state index contributed by atoms with van der Waals surface area (Å²) in [5.41, 5.74) is 3.14. The van der Waals surface area contributed by atoms with Crippen LogP contribution in [0.4, 0.5) is 0 Å². The van der Waals surface area contributed by atoms with Crippen LogP contribution in [0, 0.1) is 3.57 Å². The Morgan fingerprint density at radius 2 is 1.63 bits per heavy atom. The molecule has 136 valence electrons. The first-order chi connectivity index (χ1) is 13.2. The maximum absolute atomic E-state index is 12.3. The van der Waals surface area contributed by atoms with Gasteiger partial charge in [0.25, 0.3) is 0 Å². The summed E-state index contributed by atoms with van der Waals surface area (Å²) >= 11 is 2.20. The SMILES string of the molecule is O=C1OCC(=C/c2ccc3c(c2)OCO3)/C1=C\c1ccc2c(c1I)OCO2. The number of hydrogen-bond acceptors (Lipinski definition) is 6. The molecule has 0 N–H and O–H groups in total. The van der Waals surface area contributed by atoms with E-state index in [2.05, 4.69) is 22.6 Å². The van der Waals surface area contributed by atoms with Crippen molar-refractivity contribution in [3.05, 3.63) is 56.2 Å². The second-order valence-electron chi connectivity index (χ2n) is 6.12. The Balaban J connectivity index is 1.53. The summed E-state index contributed by atoms with van der Waals surface area (Å²) in [7, 11) is 0. The van der Waals surface area contributed by atoms with E-state index in [1.807, 2.05) is 42.5 Å². The summed E-state index contributed by atoms with van der Waals surface area (Å²) in [6.45, 7) is 0.674. The molecule has 0 radical (unpaired) electrons. The molecule has 0 spiro atoms. The summed E-state index contributed by atoms with van der Waals surface area (Å²) in [6, 6.07) is 9.42. The minimum Gasteiger partial charge on any atom is -0.457 e. The predicted molar refractivity (Wildman–Crippen MR) is 105 cm³/mol. The van der Waals surface area contributed by atoms with Crippen molar-refractivity contribution in [2.24, 2.45) is 0 Å². The van der Waals surface area contributed by atoms with Crippen molar-refractivity contribution >= 4 is 40.7 Å². The molecule has 0 atom stereocenters. The number of esters is 1. The molecule has 0 amide bonds. The molecule has 0 aliphatic carbocycles. The molecule has 5 rings (SSSR count). The molecule has 0 aromatic heterocycles. The van der Waals surface area contributed by atoms with Gasteiger partial charge in [-0.15, -0.1) is 0 Å². The molecule has 2 aromatic carbocycles. The van der Waals surface area contributed by atoms with Gasteiger partial charge in [0, 0.05) is 5.57 Å². The van der Waals surface area contributed by atoms with E-state index in [9.17, 15) is 4.79 Å². The zero-order chi connectivity index (χ0) is 18.4. The Bertz CT molecular complexity index is 1020. The third-order valence-corrected chi connectivity index (χ3v) is 5.58. The van der Waals surface area contributed by atoms with Gasteiger partial charge in [0.05, 0.1) is 9.14 Å². The lowest BCUT2D eigenvalue weighted by Crippen LogP contribution is -1.96. The normalized spacial score (nSPS) is 19.8. The molecule has 3 heterocycles. The Hall–Kier alpha value is -2.68. The Morgan fingerprint density at radius 1 is 0.852 bits per heavy atom. The van der Waals surface area contributed by atoms with Crippen molar-refractivity contribution in [2.45, 2.75) is 0 Å². The number of carbonyl (C=O) groups is 1. The highest BCUT2D eigenvalue weighted by Gasteiger charge is 2.26. The van der Waals surface area contributed by atoms with Crippen molar-refractivity contribution in [1.29, 1.82) is 0 Å². The van der Waals surface area contributed by atoms with Crippen LogP contribution in [0.3, 0.4) is 0 Å². The van der Waals surface area contributed by atoms with Crippen LogP contribution >= 0.6 is 22.6 Å². The minimum atomic E-state index is -0.338. The van der Waals surface area contributed by atoms with E-state index in [0.29, 0.717) is 22.8 Å². The third-order valence-electron chi connectivity index (χ3n) is 4.47. The number of cyclic esters (lactones) is 1. The number of carbonyl (C=O) groups excluding carboxylic acids is 1. The monoisotopic (exact) mass is 476 g/mol. The molecular weight excluding hydrogens is 463 g/mol. The maximum atomic E-state index is 12.3. The van der Waals surface area contributed by atoms with Crippen molar-refractivity contribution in [3.8, 4) is 23.0 Å². The highest BCUT2D eigenvalue weighted by Crippen LogP contribution is 2.40. The van der Waals surface area contributed by atoms with Gasteiger partial charge >= 0.3 is 5.97 Å². The molecule has 3 aliphatic heterocycles. The smallest absolute Gasteiger partial charge is 0.338 e. The van der Waals surface area contributed by atoms with Gasteiger partial charge in [-0.25, -0.2) is 4.79 Å². The van der Waals surface area contributed by atoms with Crippen LogP contribution < -0.4 is 18.9 Å². The highest BCUT2D eigenvalue weighted by molar-refractivity contribution is 14.1. The summed E-state index contributed by atoms with van der Waals surface area (Å²) in [5.74, 6) is 2.51. The van der Waals surface area contributed by atoms with Gasteiger partial charge < -0.3 is 23.7 Å². The topological polar surface area (TPSA) is 63.2 Å². The van der Waals surface area contributed by atoms with Crippen LogP contribution in [0.1, 0.15) is 11.1 Å². The first-order valence-electron chi connectivity index (χ1n) is 8.26. The number of rotatable bonds is 2. The summed E-state index contributed by atoms with van der Waals surface area (Å²) in [5, 5.41) is 0. The van der Waals surface area contributed by atoms with Gasteiger partial charge in [-0.3, -0.25) is 0 Å². The lowest BCUT2D eigenvalue weighted by molar-refractivity contribution is -0.134. The van der Waals surface area contributed by atoms with Crippen molar-refractivity contribution in [2.75, 3.05) is 20.2 Å². The van der Waals surface area contributed by atoms with E-state index >= 15 is 0 Å². The number of benzene rings is 2. The van der Waals surface area contributed by atoms with E-state index in [4.69, 9.17) is 23.7 Å². The fourth-order valence-electron chi connectivity index (χ4n) is 3.13. The van der Waals surface area contributed by atoms with Crippen molar-refractivity contribution in [1.82, 2.24) is 0 Å². The molecule has 3 aliphatic rings. The first-order valence-corrected chi connectivity index (χ1v) is 9.34. The quantitative estimate of drug-likeness (QED) is 0.374. The second-order valence-corrected chi connectivity index (χ2v) is 7.20. The number of hydrogen-bond donors (Lipinski definition) is 0. The Labute approximate surface area is 168 Å². The molecule has 7 heteroatoms. The second kappa shape index (κ2) is 6.49. The Kier molecular flexibility index (Phi) is 3.96. The summed E-state index contributed by atoms with van der Waals surface area (Å²) < 4.78 is 27.8. The number of fused-ring (bicyclic) bond motifs is 2. The fourth-order valence-corrected chi connectivity index (χ4v) is 3.88. The van der Waals surface area contributed by atoms with Crippen LogP contribution in [0.15, 0.2) is 41.5 Å². The van der Waals surface area contributed by atoms with E-state index in [0.717, 1.165) is 26.0 Å². The molecule has 0 saturated carbocycles. The van der Waals surface area contributed by atoms with E-state index in [-0.39, 0.29) is 26.2 Å². The first kappa shape index (κ1) is 16.5. The Morgan fingerprint density at radius 3 is 2.56 bits per heavy atom. The molecular formula is C20H13IO6. The molecule has 1 fully saturated rings. The zero-order valence-corrected chi connectivity index (χ0v) is 16.1. The van der Waals surface area contributed by atoms with Crippen molar-refractivity contribution in [3.63, 3.8) is 0 Å². The van der Waals surface area contributed by atoms with Crippen LogP contribution in [-0.2, 0) is 9.53 Å². The standard InChI is InChI=1S/C20H13IO6/c21-18-12(2-4-16-19(18)27-10-25-16)7-14-13(8-23-20(14)22)5-11-1-3-15-17(6-11)26-9-24-15/h1-7H,8-10H2/b13-5-,14-7+. The van der Waals surface area contributed by atoms with Crippen LogP contribution in [0.25, 0.3) is 12.2 Å². The van der Waals surface area contributed by atoms with Crippen LogP contribution in [0.5, 0.6) is 23.0 Å². The molecule has 0 bridgehead atoms. The average molecular weight is 476 g/mol. The largest absolute Gasteiger partial charge is 0.457 e. The molecule has 0 unspecified atom stereocenters. The van der Waals surface area contributed by atoms with E-state index < -0.39 is 0 Å². The molecule has 27 heavy (non-hydrogen) atoms. The van der Waals surface area contributed by atoms with Gasteiger partial charge in [-0.1, -0.05) is 6.07 Å². The average Bonchev–Trinajstić information content (AvgIpc) is 3.39. The zero-order valence-electron chi connectivity index (χ0n) is 14.0. The lowest BCUT2D eigenvalue weighted by Gasteiger charge is -2.05. The van der Waals surface area contributed by atoms with E-state index in [1.54, 1.807) is 0 Å². The van der Waals surface area contributed by atoms with Gasteiger partial charge in [-0.05, 0) is 70.1 Å². The fraction of sp³-hybridized carbons (Fsp3) is 0.150. The minimum absolute atomic E-state index is 0.211. The number of ether oxygens (including phenoxy) is 5. The van der Waals surface area contributed by atoms with E-state index in [1.165, 1.54) is 0 Å². The third kappa shape index (κ3) is 2.91. The van der Waals surface area contributed by atoms with Gasteiger partial charge in [-0.2, -0.15) is 0 Å². The molecule has 1 saturated heterocycles. The van der Waals surface area contributed by atoms with Crippen molar-refractivity contribution < 1.29 is 28.5 Å². The van der Waals surface area contributed by atoms with Crippen LogP contribution in [0.2, 0.25) is 0 Å². The molecule has 2 aromatic rings. The van der Waals surface area contributed by atoms with Gasteiger partial charge in [0.1, 0.15) is 6.61 Å². The summed E-state index contributed by atoms with van der Waals surface area (Å²) in [6.07, 6.45) is 3.76. The lowest BCUT2D eigenvalue weighted by atomic mass is 10.0. The van der Waals surface area contributed by atoms with Crippen LogP contribution in [-0.4, -0.2) is 26.2 Å². The van der Waals surface area contributed by atoms with Gasteiger partial charge in [0.2, 0.25) is 13.6 Å². The van der Waals surface area contributed by atoms with Gasteiger partial charge in [0.15, 0.2) is 23.0 Å². The molecule has 6 nitrogen and oxygen atoms in total. The highest BCUT2D eigenvalue weighted by atomic mass is 127. The summed E-state index contributed by atoms with van der Waals surface area (Å²) in [4.78, 5) is 12.3. The number of halogens is 1. The maximum Gasteiger partial charge on any atom is 0.338 e. The predicted octanol–water partition coefficient (Wildman–Crippen LogP) is 3.77.